The second-order valence-corrected chi connectivity index (χ2v) is 6.40. The van der Waals surface area contributed by atoms with E-state index in [9.17, 15) is 9.59 Å². The van der Waals surface area contributed by atoms with Crippen LogP contribution in [0.4, 0.5) is 0 Å². The van der Waals surface area contributed by atoms with Gasteiger partial charge in [-0.2, -0.15) is 5.10 Å². The summed E-state index contributed by atoms with van der Waals surface area (Å²) in [5.74, 6) is -0.193. The molecule has 0 aliphatic heterocycles. The second kappa shape index (κ2) is 7.18. The molecule has 0 bridgehead atoms. The number of nitrogens with zero attached hydrogens (tertiary/aromatic N) is 3. The molecule has 0 aliphatic carbocycles. The smallest absolute Gasteiger partial charge is 0.261 e. The van der Waals surface area contributed by atoms with E-state index in [-0.39, 0.29) is 11.7 Å². The van der Waals surface area contributed by atoms with Crippen LogP contribution < -0.4 is 5.32 Å². The van der Waals surface area contributed by atoms with Gasteiger partial charge in [0, 0.05) is 6.54 Å². The molecule has 3 aromatic rings. The minimum Gasteiger partial charge on any atom is -0.347 e. The minimum atomic E-state index is -0.167. The molecule has 0 saturated heterocycles. The largest absolute Gasteiger partial charge is 0.347 e. The van der Waals surface area contributed by atoms with Gasteiger partial charge in [0.05, 0.1) is 16.3 Å². The molecular weight excluding hydrogens is 324 g/mol. The van der Waals surface area contributed by atoms with Crippen LogP contribution in [0.5, 0.6) is 0 Å². The molecule has 0 saturated carbocycles. The summed E-state index contributed by atoms with van der Waals surface area (Å²) in [5, 5.41) is 6.93. The Morgan fingerprint density at radius 3 is 2.42 bits per heavy atom. The SMILES string of the molecule is CC(=O)c1ccc(C(=O)NCc2ccc(Cn3cncn3)cc2)s1. The van der Waals surface area contributed by atoms with Crippen molar-refractivity contribution in [3.05, 3.63) is 69.9 Å². The third-order valence-electron chi connectivity index (χ3n) is 3.46. The van der Waals surface area contributed by atoms with Crippen molar-refractivity contribution in [2.24, 2.45) is 0 Å². The zero-order chi connectivity index (χ0) is 16.9. The Kier molecular flexibility index (Phi) is 4.81. The maximum absolute atomic E-state index is 12.1. The van der Waals surface area contributed by atoms with Crippen LogP contribution in [0.25, 0.3) is 0 Å². The van der Waals surface area contributed by atoms with Gasteiger partial charge in [0.2, 0.25) is 0 Å². The Hall–Kier alpha value is -2.80. The van der Waals surface area contributed by atoms with E-state index in [4.69, 9.17) is 0 Å². The zero-order valence-corrected chi connectivity index (χ0v) is 13.9. The van der Waals surface area contributed by atoms with Crippen LogP contribution in [0.15, 0.2) is 49.1 Å². The maximum atomic E-state index is 12.1. The first-order chi connectivity index (χ1) is 11.6. The highest BCUT2D eigenvalue weighted by Gasteiger charge is 2.11. The lowest BCUT2D eigenvalue weighted by Crippen LogP contribution is -2.21. The number of carbonyl (C=O) groups is 2. The highest BCUT2D eigenvalue weighted by Crippen LogP contribution is 2.17. The number of thiophene rings is 1. The van der Waals surface area contributed by atoms with Crippen molar-refractivity contribution < 1.29 is 9.59 Å². The Bertz CT molecular complexity index is 838. The molecule has 0 atom stereocenters. The summed E-state index contributed by atoms with van der Waals surface area (Å²) in [4.78, 5) is 28.4. The number of amides is 1. The number of hydrogen-bond acceptors (Lipinski definition) is 5. The van der Waals surface area contributed by atoms with Crippen LogP contribution in [0.2, 0.25) is 0 Å². The predicted octanol–water partition coefficient (Wildman–Crippen LogP) is 2.52. The van der Waals surface area contributed by atoms with Crippen LogP contribution in [0.3, 0.4) is 0 Å². The molecule has 24 heavy (non-hydrogen) atoms. The summed E-state index contributed by atoms with van der Waals surface area (Å²) in [6.07, 6.45) is 3.18. The topological polar surface area (TPSA) is 76.9 Å². The Labute approximate surface area is 143 Å². The van der Waals surface area contributed by atoms with Gasteiger partial charge in [-0.1, -0.05) is 24.3 Å². The molecule has 2 heterocycles. The average molecular weight is 340 g/mol. The number of nitrogens with one attached hydrogen (secondary N) is 1. The van der Waals surface area contributed by atoms with Crippen molar-refractivity contribution in [2.75, 3.05) is 0 Å². The van der Waals surface area contributed by atoms with Crippen LogP contribution >= 0.6 is 11.3 Å². The third-order valence-corrected chi connectivity index (χ3v) is 4.65. The van der Waals surface area contributed by atoms with Gasteiger partial charge in [0.1, 0.15) is 12.7 Å². The molecule has 2 aromatic heterocycles. The highest BCUT2D eigenvalue weighted by atomic mass is 32.1. The number of hydrogen-bond donors (Lipinski definition) is 1. The standard InChI is InChI=1S/C17H16N4O2S/c1-12(22)15-6-7-16(24-15)17(23)19-8-13-2-4-14(5-3-13)9-21-11-18-10-20-21/h2-7,10-11H,8-9H2,1H3,(H,19,23). The quantitative estimate of drug-likeness (QED) is 0.700. The van der Waals surface area contributed by atoms with E-state index in [1.54, 1.807) is 23.1 Å². The van der Waals surface area contributed by atoms with E-state index in [1.165, 1.54) is 24.6 Å². The van der Waals surface area contributed by atoms with Gasteiger partial charge in [-0.15, -0.1) is 11.3 Å². The third kappa shape index (κ3) is 3.94. The molecular formula is C17H16N4O2S. The van der Waals surface area contributed by atoms with E-state index in [2.05, 4.69) is 15.4 Å². The molecule has 0 spiro atoms. The van der Waals surface area contributed by atoms with Gasteiger partial charge in [-0.05, 0) is 30.2 Å². The van der Waals surface area contributed by atoms with Gasteiger partial charge in [0.15, 0.2) is 5.78 Å². The second-order valence-electron chi connectivity index (χ2n) is 5.31. The minimum absolute atomic E-state index is 0.0259. The van der Waals surface area contributed by atoms with Gasteiger partial charge >= 0.3 is 0 Å². The maximum Gasteiger partial charge on any atom is 0.261 e. The molecule has 0 radical (unpaired) electrons. The average Bonchev–Trinajstić information content (AvgIpc) is 3.25. The van der Waals surface area contributed by atoms with Crippen LogP contribution in [0.1, 0.15) is 37.4 Å². The van der Waals surface area contributed by atoms with Crippen molar-refractivity contribution in [1.82, 2.24) is 20.1 Å². The zero-order valence-electron chi connectivity index (χ0n) is 13.1. The van der Waals surface area contributed by atoms with E-state index in [0.29, 0.717) is 22.8 Å². The fraction of sp³-hybridized carbons (Fsp3) is 0.176. The lowest BCUT2D eigenvalue weighted by molar-refractivity contribution is 0.0954. The Balaban J connectivity index is 1.55. The molecule has 0 fully saturated rings. The summed E-state index contributed by atoms with van der Waals surface area (Å²) in [5.41, 5.74) is 2.12. The normalized spacial score (nSPS) is 10.5. The summed E-state index contributed by atoms with van der Waals surface area (Å²) < 4.78 is 1.75. The van der Waals surface area contributed by atoms with Crippen molar-refractivity contribution in [2.45, 2.75) is 20.0 Å². The first-order valence-corrected chi connectivity index (χ1v) is 8.22. The highest BCUT2D eigenvalue weighted by molar-refractivity contribution is 7.15. The Morgan fingerprint density at radius 1 is 1.08 bits per heavy atom. The number of aromatic nitrogens is 3. The fourth-order valence-corrected chi connectivity index (χ4v) is 3.00. The summed E-state index contributed by atoms with van der Waals surface area (Å²) in [6, 6.07) is 11.3. The lowest BCUT2D eigenvalue weighted by atomic mass is 10.1. The van der Waals surface area contributed by atoms with E-state index >= 15 is 0 Å². The van der Waals surface area contributed by atoms with E-state index < -0.39 is 0 Å². The van der Waals surface area contributed by atoms with Crippen LogP contribution in [-0.2, 0) is 13.1 Å². The molecule has 7 heteroatoms. The van der Waals surface area contributed by atoms with Crippen molar-refractivity contribution in [3.8, 4) is 0 Å². The van der Waals surface area contributed by atoms with Gasteiger partial charge in [0.25, 0.3) is 5.91 Å². The Morgan fingerprint density at radius 2 is 1.79 bits per heavy atom. The molecule has 0 unspecified atom stereocenters. The number of benzene rings is 1. The molecule has 1 N–H and O–H groups in total. The molecule has 0 aliphatic rings. The summed E-state index contributed by atoms with van der Waals surface area (Å²) >= 11 is 1.21. The van der Waals surface area contributed by atoms with Gasteiger partial charge in [-0.25, -0.2) is 9.67 Å². The lowest BCUT2D eigenvalue weighted by Gasteiger charge is -2.06. The summed E-state index contributed by atoms with van der Waals surface area (Å²) in [7, 11) is 0. The number of ketones is 1. The fourth-order valence-electron chi connectivity index (χ4n) is 2.18. The van der Waals surface area contributed by atoms with Gasteiger partial charge in [-0.3, -0.25) is 9.59 Å². The van der Waals surface area contributed by atoms with Gasteiger partial charge < -0.3 is 5.32 Å². The number of rotatable bonds is 6. The molecule has 6 nitrogen and oxygen atoms in total. The molecule has 1 aromatic carbocycles. The van der Waals surface area contributed by atoms with Crippen LogP contribution in [-0.4, -0.2) is 26.5 Å². The van der Waals surface area contributed by atoms with E-state index in [0.717, 1.165) is 11.1 Å². The molecule has 122 valence electrons. The van der Waals surface area contributed by atoms with E-state index in [1.807, 2.05) is 24.3 Å². The van der Waals surface area contributed by atoms with Crippen LogP contribution in [0, 0.1) is 0 Å². The number of Topliss-reactive ketones (excluding diaryl/α,β-unsaturated/α-hetero) is 1. The summed E-state index contributed by atoms with van der Waals surface area (Å²) in [6.45, 7) is 2.60. The predicted molar refractivity (Wildman–Crippen MR) is 91.1 cm³/mol. The van der Waals surface area contributed by atoms with Crippen molar-refractivity contribution >= 4 is 23.0 Å². The number of carbonyl (C=O) groups excluding carboxylic acids is 2. The van der Waals surface area contributed by atoms with Crippen molar-refractivity contribution in [1.29, 1.82) is 0 Å². The molecule has 3 rings (SSSR count). The molecule has 1 amide bonds. The first-order valence-electron chi connectivity index (χ1n) is 7.41. The van der Waals surface area contributed by atoms with Crippen molar-refractivity contribution in [3.63, 3.8) is 0 Å². The monoisotopic (exact) mass is 340 g/mol. The first kappa shape index (κ1) is 16.1.